The molecule has 0 unspecified atom stereocenters. The molecule has 0 aliphatic heterocycles. The number of rotatable bonds is 7. The molecule has 4 nitrogen and oxygen atoms in total. The smallest absolute Gasteiger partial charge is 0.232 e. The normalized spacial score (nSPS) is 11.2. The predicted molar refractivity (Wildman–Crippen MR) is 93.2 cm³/mol. The molecule has 0 spiro atoms. The van der Waals surface area contributed by atoms with Crippen molar-refractivity contribution in [2.75, 3.05) is 15.8 Å². The van der Waals surface area contributed by atoms with Gasteiger partial charge in [-0.2, -0.15) is 0 Å². The van der Waals surface area contributed by atoms with E-state index in [2.05, 4.69) is 10.0 Å². The third-order valence-electron chi connectivity index (χ3n) is 3.35. The van der Waals surface area contributed by atoms with Gasteiger partial charge in [0.15, 0.2) is 0 Å². The van der Waals surface area contributed by atoms with E-state index in [0.717, 1.165) is 23.4 Å². The minimum absolute atomic E-state index is 0.159. The van der Waals surface area contributed by atoms with Crippen molar-refractivity contribution in [2.45, 2.75) is 26.7 Å². The quantitative estimate of drug-likeness (QED) is 0.801. The van der Waals surface area contributed by atoms with Crippen LogP contribution in [0.15, 0.2) is 48.5 Å². The van der Waals surface area contributed by atoms with Crippen LogP contribution in [-0.4, -0.2) is 14.2 Å². The Labute approximate surface area is 132 Å². The summed E-state index contributed by atoms with van der Waals surface area (Å²) < 4.78 is 26.3. The van der Waals surface area contributed by atoms with E-state index in [1.165, 1.54) is 0 Å². The molecule has 0 heterocycles. The van der Waals surface area contributed by atoms with E-state index in [9.17, 15) is 8.42 Å². The van der Waals surface area contributed by atoms with Crippen molar-refractivity contribution >= 4 is 27.1 Å². The Kier molecular flexibility index (Phi) is 5.44. The molecule has 0 bridgehead atoms. The number of anilines is 3. The molecule has 0 saturated heterocycles. The van der Waals surface area contributed by atoms with Crippen LogP contribution in [0.25, 0.3) is 0 Å². The summed E-state index contributed by atoms with van der Waals surface area (Å²) in [5.74, 6) is 0.159. The van der Waals surface area contributed by atoms with E-state index >= 15 is 0 Å². The number of aryl methyl sites for hydroxylation is 1. The lowest BCUT2D eigenvalue weighted by molar-refractivity contribution is 0.598. The molecule has 0 aromatic heterocycles. The fourth-order valence-corrected chi connectivity index (χ4v) is 3.32. The molecule has 118 valence electrons. The van der Waals surface area contributed by atoms with E-state index in [-0.39, 0.29) is 5.75 Å². The fourth-order valence-electron chi connectivity index (χ4n) is 2.06. The van der Waals surface area contributed by atoms with E-state index in [4.69, 9.17) is 0 Å². The molecular formula is C17H22N2O2S. The first kappa shape index (κ1) is 16.4. The van der Waals surface area contributed by atoms with Gasteiger partial charge in [-0.05, 0) is 49.2 Å². The Bertz CT molecular complexity index is 710. The van der Waals surface area contributed by atoms with Crippen LogP contribution in [0, 0.1) is 6.92 Å². The summed E-state index contributed by atoms with van der Waals surface area (Å²) in [6, 6.07) is 15.3. The predicted octanol–water partition coefficient (Wildman–Crippen LogP) is 4.28. The maximum atomic E-state index is 11.9. The summed E-state index contributed by atoms with van der Waals surface area (Å²) in [6.45, 7) is 4.01. The van der Waals surface area contributed by atoms with Crippen molar-refractivity contribution < 1.29 is 8.42 Å². The summed E-state index contributed by atoms with van der Waals surface area (Å²) in [4.78, 5) is 0. The lowest BCUT2D eigenvalue weighted by Gasteiger charge is -2.11. The molecule has 0 atom stereocenters. The van der Waals surface area contributed by atoms with Crippen molar-refractivity contribution in [3.05, 3.63) is 54.1 Å². The molecule has 0 radical (unpaired) electrons. The Balaban J connectivity index is 2.03. The third kappa shape index (κ3) is 4.77. The van der Waals surface area contributed by atoms with Crippen LogP contribution in [0.4, 0.5) is 17.1 Å². The number of unbranched alkanes of at least 4 members (excludes halogenated alkanes) is 1. The van der Waals surface area contributed by atoms with Crippen LogP contribution >= 0.6 is 0 Å². The van der Waals surface area contributed by atoms with Gasteiger partial charge in [-0.1, -0.05) is 31.5 Å². The number of hydrogen-bond acceptors (Lipinski definition) is 3. The summed E-state index contributed by atoms with van der Waals surface area (Å²) in [5, 5.41) is 3.32. The molecule has 0 saturated carbocycles. The molecule has 0 aliphatic rings. The Morgan fingerprint density at radius 2 is 1.59 bits per heavy atom. The summed E-state index contributed by atoms with van der Waals surface area (Å²) in [7, 11) is -3.25. The minimum atomic E-state index is -3.25. The van der Waals surface area contributed by atoms with Crippen molar-refractivity contribution in [1.82, 2.24) is 0 Å². The first-order chi connectivity index (χ1) is 10.5. The zero-order valence-corrected chi connectivity index (χ0v) is 13.8. The molecule has 0 fully saturated rings. The van der Waals surface area contributed by atoms with Crippen molar-refractivity contribution in [3.63, 3.8) is 0 Å². The monoisotopic (exact) mass is 318 g/mol. The first-order valence-electron chi connectivity index (χ1n) is 7.43. The van der Waals surface area contributed by atoms with Gasteiger partial charge in [-0.3, -0.25) is 4.72 Å². The highest BCUT2D eigenvalue weighted by molar-refractivity contribution is 7.92. The lowest BCUT2D eigenvalue weighted by atomic mass is 10.2. The first-order valence-corrected chi connectivity index (χ1v) is 9.08. The topological polar surface area (TPSA) is 58.2 Å². The second-order valence-corrected chi connectivity index (χ2v) is 7.13. The van der Waals surface area contributed by atoms with Gasteiger partial charge in [0, 0.05) is 17.1 Å². The van der Waals surface area contributed by atoms with Crippen molar-refractivity contribution in [2.24, 2.45) is 0 Å². The molecule has 0 amide bonds. The molecule has 22 heavy (non-hydrogen) atoms. The van der Waals surface area contributed by atoms with Crippen LogP contribution in [0.5, 0.6) is 0 Å². The summed E-state index contributed by atoms with van der Waals surface area (Å²) in [6.07, 6.45) is 1.53. The second-order valence-electron chi connectivity index (χ2n) is 5.29. The molecule has 5 heteroatoms. The van der Waals surface area contributed by atoms with Crippen molar-refractivity contribution in [1.29, 1.82) is 0 Å². The fraction of sp³-hybridized carbons (Fsp3) is 0.294. The van der Waals surface area contributed by atoms with Crippen LogP contribution < -0.4 is 10.0 Å². The van der Waals surface area contributed by atoms with Crippen LogP contribution in [0.3, 0.4) is 0 Å². The van der Waals surface area contributed by atoms with Gasteiger partial charge in [0.2, 0.25) is 10.0 Å². The zero-order chi connectivity index (χ0) is 16.0. The zero-order valence-electron chi connectivity index (χ0n) is 13.0. The molecule has 2 aromatic rings. The van der Waals surface area contributed by atoms with Crippen molar-refractivity contribution in [3.8, 4) is 0 Å². The number of para-hydroxylation sites is 1. The third-order valence-corrected chi connectivity index (χ3v) is 4.72. The van der Waals surface area contributed by atoms with E-state index in [0.29, 0.717) is 12.1 Å². The maximum absolute atomic E-state index is 11.9. The highest BCUT2D eigenvalue weighted by atomic mass is 32.2. The van der Waals surface area contributed by atoms with E-state index in [1.807, 2.05) is 50.2 Å². The maximum Gasteiger partial charge on any atom is 0.232 e. The van der Waals surface area contributed by atoms with Crippen LogP contribution in [0.2, 0.25) is 0 Å². The number of nitrogens with one attached hydrogen (secondary N) is 2. The number of sulfonamides is 1. The van der Waals surface area contributed by atoms with Gasteiger partial charge in [-0.25, -0.2) is 8.42 Å². The second kappa shape index (κ2) is 7.31. The molecular weight excluding hydrogens is 296 g/mol. The van der Waals surface area contributed by atoms with Crippen LogP contribution in [0.1, 0.15) is 25.3 Å². The molecule has 0 aliphatic carbocycles. The Morgan fingerprint density at radius 1 is 0.955 bits per heavy atom. The van der Waals surface area contributed by atoms with E-state index in [1.54, 1.807) is 12.1 Å². The summed E-state index contributed by atoms with van der Waals surface area (Å²) in [5.41, 5.74) is 3.71. The SMILES string of the molecule is CCCCS(=O)(=O)Nc1ccc(Nc2ccccc2C)cc1. The standard InChI is InChI=1S/C17H22N2O2S/c1-3-4-13-22(20,21)19-16-11-9-15(10-12-16)18-17-8-6-5-7-14(17)2/h5-12,18-19H,3-4,13H2,1-2H3. The molecule has 2 rings (SSSR count). The number of benzene rings is 2. The highest BCUT2D eigenvalue weighted by Crippen LogP contribution is 2.22. The molecule has 2 N–H and O–H groups in total. The Morgan fingerprint density at radius 3 is 2.23 bits per heavy atom. The lowest BCUT2D eigenvalue weighted by Crippen LogP contribution is -2.16. The van der Waals surface area contributed by atoms with Gasteiger partial charge in [-0.15, -0.1) is 0 Å². The van der Waals surface area contributed by atoms with Gasteiger partial charge >= 0.3 is 0 Å². The highest BCUT2D eigenvalue weighted by Gasteiger charge is 2.09. The van der Waals surface area contributed by atoms with Crippen LogP contribution in [-0.2, 0) is 10.0 Å². The average molecular weight is 318 g/mol. The summed E-state index contributed by atoms with van der Waals surface area (Å²) >= 11 is 0. The van der Waals surface area contributed by atoms with Gasteiger partial charge in [0.25, 0.3) is 0 Å². The minimum Gasteiger partial charge on any atom is -0.355 e. The average Bonchev–Trinajstić information content (AvgIpc) is 2.49. The Hall–Kier alpha value is -2.01. The van der Waals surface area contributed by atoms with E-state index < -0.39 is 10.0 Å². The largest absolute Gasteiger partial charge is 0.355 e. The van der Waals surface area contributed by atoms with Gasteiger partial charge < -0.3 is 5.32 Å². The van der Waals surface area contributed by atoms with Gasteiger partial charge in [0.1, 0.15) is 0 Å². The molecule has 2 aromatic carbocycles. The number of hydrogen-bond donors (Lipinski definition) is 2. The van der Waals surface area contributed by atoms with Gasteiger partial charge in [0.05, 0.1) is 5.75 Å².